The van der Waals surface area contributed by atoms with Gasteiger partial charge in [0.05, 0.1) is 41.7 Å². The molecule has 0 bridgehead atoms. The Balaban J connectivity index is 2.60. The van der Waals surface area contributed by atoms with E-state index in [2.05, 4.69) is 0 Å². The molecule has 0 saturated carbocycles. The first-order valence-electron chi connectivity index (χ1n) is 10.8. The topological polar surface area (TPSA) is 113 Å². The fourth-order valence-electron chi connectivity index (χ4n) is 4.63. The normalized spacial score (nSPS) is 21.3. The highest BCUT2D eigenvalue weighted by Gasteiger charge is 2.41. The number of methoxy groups -OCH3 is 5. The molecule has 2 aromatic carbocycles. The Morgan fingerprint density at radius 3 is 1.79 bits per heavy atom. The highest BCUT2D eigenvalue weighted by atomic mass is 16.5. The number of fused-ring (bicyclic) bond motifs is 3. The number of ether oxygens (including phenoxy) is 6. The Morgan fingerprint density at radius 1 is 0.765 bits per heavy atom. The van der Waals surface area contributed by atoms with Crippen molar-refractivity contribution in [2.24, 2.45) is 11.8 Å². The van der Waals surface area contributed by atoms with Gasteiger partial charge in [0.1, 0.15) is 6.10 Å². The van der Waals surface area contributed by atoms with Crippen LogP contribution in [0.5, 0.6) is 34.5 Å². The Kier molecular flexibility index (Phi) is 7.35. The molecule has 0 radical (unpaired) electrons. The standard InChI is InChI=1S/C25H32O9/c1-11-12(2)22(34-13(3)26)15-10-16(29-4)23(31-6)21(28)18(15)19-14(20(11)27)9-17(30-5)24(32-7)25(19)33-8/h9-12,20,22,27-28H,1-8H3/t11-,12+,20+,22+/m1/s1. The van der Waals surface area contributed by atoms with E-state index < -0.39 is 18.2 Å². The summed E-state index contributed by atoms with van der Waals surface area (Å²) in [7, 11) is 7.26. The summed E-state index contributed by atoms with van der Waals surface area (Å²) >= 11 is 0. The van der Waals surface area contributed by atoms with Gasteiger partial charge in [-0.1, -0.05) is 13.8 Å². The fourth-order valence-corrected chi connectivity index (χ4v) is 4.63. The van der Waals surface area contributed by atoms with E-state index in [-0.39, 0.29) is 46.1 Å². The Hall–Kier alpha value is -3.33. The highest BCUT2D eigenvalue weighted by molar-refractivity contribution is 5.89. The molecule has 0 heterocycles. The number of esters is 1. The third-order valence-corrected chi connectivity index (χ3v) is 6.51. The number of benzene rings is 2. The van der Waals surface area contributed by atoms with Gasteiger partial charge in [-0.3, -0.25) is 4.79 Å². The Morgan fingerprint density at radius 2 is 1.29 bits per heavy atom. The summed E-state index contributed by atoms with van der Waals surface area (Å²) in [4.78, 5) is 12.1. The lowest BCUT2D eigenvalue weighted by atomic mass is 9.74. The van der Waals surface area contributed by atoms with E-state index in [1.54, 1.807) is 12.1 Å². The highest BCUT2D eigenvalue weighted by Crippen LogP contribution is 2.59. The molecule has 0 saturated heterocycles. The number of aromatic hydroxyl groups is 1. The molecule has 1 aliphatic rings. The number of aliphatic hydroxyl groups is 1. The lowest BCUT2D eigenvalue weighted by Gasteiger charge is -2.37. The van der Waals surface area contributed by atoms with E-state index >= 15 is 0 Å². The van der Waals surface area contributed by atoms with E-state index in [1.807, 2.05) is 13.8 Å². The van der Waals surface area contributed by atoms with Gasteiger partial charge in [0, 0.05) is 29.5 Å². The average Bonchev–Trinajstić information content (AvgIpc) is 2.83. The van der Waals surface area contributed by atoms with Gasteiger partial charge in [0.25, 0.3) is 0 Å². The number of hydrogen-bond donors (Lipinski definition) is 2. The molecule has 0 aromatic heterocycles. The van der Waals surface area contributed by atoms with Crippen molar-refractivity contribution in [3.05, 3.63) is 23.3 Å². The van der Waals surface area contributed by atoms with Crippen LogP contribution in [0, 0.1) is 11.8 Å². The second-order valence-corrected chi connectivity index (χ2v) is 8.23. The lowest BCUT2D eigenvalue weighted by Crippen LogP contribution is -2.28. The van der Waals surface area contributed by atoms with E-state index in [0.29, 0.717) is 22.4 Å². The predicted molar refractivity (Wildman–Crippen MR) is 124 cm³/mol. The van der Waals surface area contributed by atoms with Crippen LogP contribution in [0.1, 0.15) is 44.1 Å². The van der Waals surface area contributed by atoms with Crippen LogP contribution in [-0.2, 0) is 9.53 Å². The van der Waals surface area contributed by atoms with Gasteiger partial charge < -0.3 is 38.6 Å². The molecule has 2 N–H and O–H groups in total. The van der Waals surface area contributed by atoms with Crippen LogP contribution < -0.4 is 23.7 Å². The molecule has 4 atom stereocenters. The van der Waals surface area contributed by atoms with E-state index in [1.165, 1.54) is 42.5 Å². The van der Waals surface area contributed by atoms with E-state index in [4.69, 9.17) is 28.4 Å². The largest absolute Gasteiger partial charge is 0.504 e. The number of phenols is 1. The first-order chi connectivity index (χ1) is 16.2. The van der Waals surface area contributed by atoms with Gasteiger partial charge >= 0.3 is 5.97 Å². The molecular weight excluding hydrogens is 444 g/mol. The molecule has 186 valence electrons. The predicted octanol–water partition coefficient (Wildman–Crippen LogP) is 4.03. The minimum Gasteiger partial charge on any atom is -0.504 e. The zero-order valence-electron chi connectivity index (χ0n) is 20.7. The summed E-state index contributed by atoms with van der Waals surface area (Å²) < 4.78 is 33.5. The molecule has 0 spiro atoms. The van der Waals surface area contributed by atoms with Crippen molar-refractivity contribution in [2.45, 2.75) is 33.0 Å². The summed E-state index contributed by atoms with van der Waals surface area (Å²) in [5.74, 6) is -0.246. The van der Waals surface area contributed by atoms with Crippen molar-refractivity contribution in [1.82, 2.24) is 0 Å². The maximum atomic E-state index is 12.1. The van der Waals surface area contributed by atoms with Crippen LogP contribution in [0.4, 0.5) is 0 Å². The molecule has 0 fully saturated rings. The van der Waals surface area contributed by atoms with Crippen molar-refractivity contribution in [3.8, 4) is 45.6 Å². The van der Waals surface area contributed by atoms with E-state index in [9.17, 15) is 15.0 Å². The van der Waals surface area contributed by atoms with Crippen molar-refractivity contribution in [1.29, 1.82) is 0 Å². The van der Waals surface area contributed by atoms with Crippen molar-refractivity contribution in [2.75, 3.05) is 35.5 Å². The molecule has 3 rings (SSSR count). The van der Waals surface area contributed by atoms with Gasteiger partial charge in [-0.2, -0.15) is 0 Å². The monoisotopic (exact) mass is 476 g/mol. The van der Waals surface area contributed by atoms with Crippen molar-refractivity contribution < 1.29 is 43.4 Å². The summed E-state index contributed by atoms with van der Waals surface area (Å²) in [5, 5.41) is 22.9. The Bertz CT molecular complexity index is 1080. The van der Waals surface area contributed by atoms with Crippen LogP contribution in [-0.4, -0.2) is 51.7 Å². The summed E-state index contributed by atoms with van der Waals surface area (Å²) in [6.45, 7) is 5.06. The maximum absolute atomic E-state index is 12.1. The van der Waals surface area contributed by atoms with E-state index in [0.717, 1.165) is 0 Å². The summed E-state index contributed by atoms with van der Waals surface area (Å²) in [6.07, 6.45) is -1.83. The molecular formula is C25H32O9. The third kappa shape index (κ3) is 3.94. The van der Waals surface area contributed by atoms with Crippen LogP contribution in [0.25, 0.3) is 11.1 Å². The lowest BCUT2D eigenvalue weighted by molar-refractivity contribution is -0.151. The smallest absolute Gasteiger partial charge is 0.303 e. The van der Waals surface area contributed by atoms with Crippen LogP contribution in [0.3, 0.4) is 0 Å². The van der Waals surface area contributed by atoms with Gasteiger partial charge in [0.15, 0.2) is 23.0 Å². The van der Waals surface area contributed by atoms with Gasteiger partial charge in [0.2, 0.25) is 11.5 Å². The number of rotatable bonds is 6. The number of hydrogen-bond acceptors (Lipinski definition) is 9. The number of carbonyl (C=O) groups is 1. The van der Waals surface area contributed by atoms with Crippen molar-refractivity contribution in [3.63, 3.8) is 0 Å². The number of aliphatic hydroxyl groups excluding tert-OH is 1. The summed E-state index contributed by atoms with van der Waals surface area (Å²) in [6, 6.07) is 3.33. The minimum atomic E-state index is -1.02. The molecule has 34 heavy (non-hydrogen) atoms. The first-order valence-corrected chi connectivity index (χ1v) is 10.8. The third-order valence-electron chi connectivity index (χ3n) is 6.51. The first kappa shape index (κ1) is 25.3. The summed E-state index contributed by atoms with van der Waals surface area (Å²) in [5.41, 5.74) is 1.58. The molecule has 0 amide bonds. The Labute approximate surface area is 199 Å². The zero-order chi connectivity index (χ0) is 25.3. The SMILES string of the molecule is COc1cc2c(c(O)c1OC)-c1c(cc(OC)c(OC)c1OC)[C@@H](O)[C@H](C)[C@H](C)[C@@H]2OC(C)=O. The quantitative estimate of drug-likeness (QED) is 0.597. The van der Waals surface area contributed by atoms with Crippen LogP contribution in [0.2, 0.25) is 0 Å². The molecule has 9 heteroatoms. The van der Waals surface area contributed by atoms with Gasteiger partial charge in [-0.05, 0) is 23.6 Å². The fraction of sp³-hybridized carbons (Fsp3) is 0.480. The number of phenolic OH excluding ortho intramolecular Hbond substituents is 1. The molecule has 0 aliphatic heterocycles. The van der Waals surface area contributed by atoms with Crippen LogP contribution >= 0.6 is 0 Å². The maximum Gasteiger partial charge on any atom is 0.303 e. The molecule has 2 aromatic rings. The molecule has 0 unspecified atom stereocenters. The van der Waals surface area contributed by atoms with Gasteiger partial charge in [-0.25, -0.2) is 0 Å². The second kappa shape index (κ2) is 9.89. The van der Waals surface area contributed by atoms with Gasteiger partial charge in [-0.15, -0.1) is 0 Å². The van der Waals surface area contributed by atoms with Crippen molar-refractivity contribution >= 4 is 5.97 Å². The number of carbonyl (C=O) groups excluding carboxylic acids is 1. The average molecular weight is 477 g/mol. The molecule has 1 aliphatic carbocycles. The zero-order valence-corrected chi connectivity index (χ0v) is 20.7. The molecule has 9 nitrogen and oxygen atoms in total. The second-order valence-electron chi connectivity index (χ2n) is 8.23. The minimum absolute atomic E-state index is 0.0846. The van der Waals surface area contributed by atoms with Crippen LogP contribution in [0.15, 0.2) is 12.1 Å².